The minimum atomic E-state index is -0.185. The molecule has 3 nitrogen and oxygen atoms in total. The van der Waals surface area contributed by atoms with Crippen LogP contribution in [0, 0.1) is 6.92 Å². The first kappa shape index (κ1) is 14.0. The molecule has 0 aromatic heterocycles. The summed E-state index contributed by atoms with van der Waals surface area (Å²) in [5.41, 5.74) is 6.20. The van der Waals surface area contributed by atoms with Gasteiger partial charge in [0, 0.05) is 5.56 Å². The number of aryl methyl sites for hydroxylation is 1. The van der Waals surface area contributed by atoms with Crippen LogP contribution in [0.1, 0.15) is 34.8 Å². The Labute approximate surface area is 119 Å². The molecule has 0 saturated carbocycles. The summed E-state index contributed by atoms with van der Waals surface area (Å²) >= 11 is 0. The van der Waals surface area contributed by atoms with Crippen molar-refractivity contribution < 1.29 is 4.79 Å². The maximum atomic E-state index is 12.0. The van der Waals surface area contributed by atoms with Gasteiger partial charge in [0.2, 0.25) is 0 Å². The zero-order valence-corrected chi connectivity index (χ0v) is 11.8. The molecule has 0 bridgehead atoms. The van der Waals surface area contributed by atoms with Crippen LogP contribution in [-0.4, -0.2) is 11.6 Å². The quantitative estimate of drug-likeness (QED) is 0.667. The summed E-state index contributed by atoms with van der Waals surface area (Å²) in [6.07, 6.45) is 0.762. The molecule has 102 valence electrons. The second kappa shape index (κ2) is 6.66. The van der Waals surface area contributed by atoms with E-state index in [0.717, 1.165) is 23.3 Å². The molecule has 0 fully saturated rings. The molecule has 2 aromatic carbocycles. The molecule has 1 amide bonds. The van der Waals surface area contributed by atoms with Crippen molar-refractivity contribution in [2.24, 2.45) is 5.10 Å². The van der Waals surface area contributed by atoms with Gasteiger partial charge in [-0.15, -0.1) is 0 Å². The molecular formula is C17H18N2O. The maximum Gasteiger partial charge on any atom is 0.271 e. The van der Waals surface area contributed by atoms with Gasteiger partial charge in [0.05, 0.1) is 5.71 Å². The Balaban J connectivity index is 2.13. The number of hydrogen-bond donors (Lipinski definition) is 1. The van der Waals surface area contributed by atoms with Gasteiger partial charge in [0.25, 0.3) is 5.91 Å². The average molecular weight is 266 g/mol. The standard InChI is InChI=1S/C17H18N2O/c1-3-16(14-9-5-4-6-10-14)18-19-17(20)15-11-7-8-13(2)12-15/h4-12H,3H2,1-2H3,(H,19,20)/b18-16-. The average Bonchev–Trinajstić information content (AvgIpc) is 2.49. The molecule has 0 saturated heterocycles. The molecule has 0 aliphatic rings. The summed E-state index contributed by atoms with van der Waals surface area (Å²) in [5.74, 6) is -0.185. The van der Waals surface area contributed by atoms with Crippen LogP contribution in [0.3, 0.4) is 0 Å². The van der Waals surface area contributed by atoms with E-state index in [-0.39, 0.29) is 5.91 Å². The fourth-order valence-corrected chi connectivity index (χ4v) is 1.95. The summed E-state index contributed by atoms with van der Waals surface area (Å²) in [4.78, 5) is 12.0. The van der Waals surface area contributed by atoms with Crippen molar-refractivity contribution >= 4 is 11.6 Å². The minimum Gasteiger partial charge on any atom is -0.267 e. The number of rotatable bonds is 4. The molecule has 0 aliphatic heterocycles. The van der Waals surface area contributed by atoms with Crippen molar-refractivity contribution in [1.29, 1.82) is 0 Å². The number of amides is 1. The topological polar surface area (TPSA) is 41.5 Å². The second-order valence-electron chi connectivity index (χ2n) is 4.59. The van der Waals surface area contributed by atoms with E-state index in [0.29, 0.717) is 5.56 Å². The van der Waals surface area contributed by atoms with E-state index in [1.54, 1.807) is 6.07 Å². The van der Waals surface area contributed by atoms with Gasteiger partial charge in [-0.05, 0) is 31.0 Å². The van der Waals surface area contributed by atoms with Crippen molar-refractivity contribution in [3.8, 4) is 0 Å². The summed E-state index contributed by atoms with van der Waals surface area (Å²) in [5, 5.41) is 4.24. The number of hydrazone groups is 1. The smallest absolute Gasteiger partial charge is 0.267 e. The Morgan fingerprint density at radius 2 is 1.75 bits per heavy atom. The first-order valence-electron chi connectivity index (χ1n) is 6.69. The highest BCUT2D eigenvalue weighted by atomic mass is 16.2. The molecule has 20 heavy (non-hydrogen) atoms. The van der Waals surface area contributed by atoms with Gasteiger partial charge < -0.3 is 0 Å². The molecule has 2 aromatic rings. The van der Waals surface area contributed by atoms with Crippen molar-refractivity contribution in [2.75, 3.05) is 0 Å². The molecule has 0 aliphatic carbocycles. The number of carbonyl (C=O) groups is 1. The Morgan fingerprint density at radius 1 is 1.05 bits per heavy atom. The molecule has 0 radical (unpaired) electrons. The van der Waals surface area contributed by atoms with Crippen molar-refractivity contribution in [3.05, 3.63) is 71.3 Å². The van der Waals surface area contributed by atoms with Gasteiger partial charge in [-0.3, -0.25) is 4.79 Å². The fraction of sp³-hybridized carbons (Fsp3) is 0.176. The van der Waals surface area contributed by atoms with E-state index < -0.39 is 0 Å². The lowest BCUT2D eigenvalue weighted by Crippen LogP contribution is -2.20. The van der Waals surface area contributed by atoms with Crippen LogP contribution in [0.4, 0.5) is 0 Å². The number of nitrogens with zero attached hydrogens (tertiary/aromatic N) is 1. The number of nitrogens with one attached hydrogen (secondary N) is 1. The maximum absolute atomic E-state index is 12.0. The minimum absolute atomic E-state index is 0.185. The zero-order valence-electron chi connectivity index (χ0n) is 11.8. The first-order valence-corrected chi connectivity index (χ1v) is 6.69. The van der Waals surface area contributed by atoms with E-state index in [1.807, 2.05) is 62.4 Å². The molecule has 0 unspecified atom stereocenters. The highest BCUT2D eigenvalue weighted by Gasteiger charge is 2.05. The van der Waals surface area contributed by atoms with Gasteiger partial charge in [0.1, 0.15) is 0 Å². The molecule has 1 N–H and O–H groups in total. The van der Waals surface area contributed by atoms with E-state index in [9.17, 15) is 4.79 Å². The molecule has 2 rings (SSSR count). The van der Waals surface area contributed by atoms with Gasteiger partial charge in [-0.2, -0.15) is 5.10 Å². The summed E-state index contributed by atoms with van der Waals surface area (Å²) in [6.45, 7) is 3.98. The van der Waals surface area contributed by atoms with Crippen molar-refractivity contribution in [2.45, 2.75) is 20.3 Å². The van der Waals surface area contributed by atoms with E-state index in [2.05, 4.69) is 10.5 Å². The van der Waals surface area contributed by atoms with E-state index in [1.165, 1.54) is 0 Å². The van der Waals surface area contributed by atoms with Crippen LogP contribution in [0.25, 0.3) is 0 Å². The third-order valence-corrected chi connectivity index (χ3v) is 3.01. The molecule has 0 spiro atoms. The largest absolute Gasteiger partial charge is 0.271 e. The Morgan fingerprint density at radius 3 is 2.40 bits per heavy atom. The molecular weight excluding hydrogens is 248 g/mol. The van der Waals surface area contributed by atoms with Crippen LogP contribution in [0.5, 0.6) is 0 Å². The SMILES string of the molecule is CC/C(=N/NC(=O)c1cccc(C)c1)c1ccccc1. The number of hydrogen-bond acceptors (Lipinski definition) is 2. The van der Waals surface area contributed by atoms with Crippen molar-refractivity contribution in [1.82, 2.24) is 5.43 Å². The predicted molar refractivity (Wildman–Crippen MR) is 81.9 cm³/mol. The van der Waals surface area contributed by atoms with E-state index >= 15 is 0 Å². The second-order valence-corrected chi connectivity index (χ2v) is 4.59. The Bertz CT molecular complexity index is 618. The Hall–Kier alpha value is -2.42. The van der Waals surface area contributed by atoms with Gasteiger partial charge in [-0.1, -0.05) is 55.0 Å². The van der Waals surface area contributed by atoms with Crippen molar-refractivity contribution in [3.63, 3.8) is 0 Å². The molecule has 0 atom stereocenters. The highest BCUT2D eigenvalue weighted by molar-refractivity contribution is 6.02. The lowest BCUT2D eigenvalue weighted by Gasteiger charge is -2.05. The fourth-order valence-electron chi connectivity index (χ4n) is 1.95. The van der Waals surface area contributed by atoms with Crippen LogP contribution in [-0.2, 0) is 0 Å². The van der Waals surface area contributed by atoms with Gasteiger partial charge in [-0.25, -0.2) is 5.43 Å². The van der Waals surface area contributed by atoms with Crippen LogP contribution >= 0.6 is 0 Å². The van der Waals surface area contributed by atoms with Gasteiger partial charge >= 0.3 is 0 Å². The van der Waals surface area contributed by atoms with Gasteiger partial charge in [0.15, 0.2) is 0 Å². The third-order valence-electron chi connectivity index (χ3n) is 3.01. The lowest BCUT2D eigenvalue weighted by atomic mass is 10.1. The number of carbonyl (C=O) groups excluding carboxylic acids is 1. The summed E-state index contributed by atoms with van der Waals surface area (Å²) in [6, 6.07) is 17.3. The molecule has 0 heterocycles. The zero-order chi connectivity index (χ0) is 14.4. The monoisotopic (exact) mass is 266 g/mol. The Kier molecular flexibility index (Phi) is 4.66. The third kappa shape index (κ3) is 3.54. The summed E-state index contributed by atoms with van der Waals surface area (Å²) in [7, 11) is 0. The van der Waals surface area contributed by atoms with Crippen LogP contribution in [0.15, 0.2) is 59.7 Å². The number of benzene rings is 2. The highest BCUT2D eigenvalue weighted by Crippen LogP contribution is 2.06. The van der Waals surface area contributed by atoms with Crippen LogP contribution in [0.2, 0.25) is 0 Å². The van der Waals surface area contributed by atoms with Crippen LogP contribution < -0.4 is 5.43 Å². The molecule has 3 heteroatoms. The first-order chi connectivity index (χ1) is 9.70. The predicted octanol–water partition coefficient (Wildman–Crippen LogP) is 3.54. The normalized spacial score (nSPS) is 11.2. The lowest BCUT2D eigenvalue weighted by molar-refractivity contribution is 0.0954. The van der Waals surface area contributed by atoms with E-state index in [4.69, 9.17) is 0 Å². The summed E-state index contributed by atoms with van der Waals surface area (Å²) < 4.78 is 0.